The third-order valence-electron chi connectivity index (χ3n) is 5.00. The lowest BCUT2D eigenvalue weighted by molar-refractivity contribution is -0.441. The number of rotatable bonds is 10. The summed E-state index contributed by atoms with van der Waals surface area (Å²) in [6, 6.07) is 3.95. The molecule has 0 fully saturated rings. The van der Waals surface area contributed by atoms with Gasteiger partial charge in [0, 0.05) is 7.11 Å². The van der Waals surface area contributed by atoms with E-state index in [2.05, 4.69) is 9.47 Å². The van der Waals surface area contributed by atoms with Gasteiger partial charge >= 0.3 is 41.8 Å². The fourth-order valence-electron chi connectivity index (χ4n) is 2.95. The van der Waals surface area contributed by atoms with Crippen LogP contribution in [0, 0.1) is 0 Å². The topological polar surface area (TPSA) is 35.5 Å². The first-order valence-corrected chi connectivity index (χ1v) is 9.26. The minimum Gasteiger partial charge on any atom is -0.462 e. The van der Waals surface area contributed by atoms with E-state index < -0.39 is 64.9 Å². The highest BCUT2D eigenvalue weighted by Gasteiger charge is 2.90. The van der Waals surface area contributed by atoms with E-state index in [9.17, 15) is 61.9 Å². The quantitative estimate of drug-likeness (QED) is 0.241. The molecule has 0 radical (unpaired) electrons. The van der Waals surface area contributed by atoms with Crippen molar-refractivity contribution in [1.29, 1.82) is 0 Å². The molecule has 16 heteroatoms. The SMILES string of the molecule is CCOC(=O)c1ccccc1C(C)(CC(F)(F)C(F)(F)C(F)(F)C(F)(F)C(F)(F)C(F)(F)F)OC. The first kappa shape index (κ1) is 30.8. The van der Waals surface area contributed by atoms with Crippen LogP contribution in [-0.4, -0.2) is 55.5 Å². The Bertz CT molecular complexity index is 911. The Kier molecular flexibility index (Phi) is 8.19. The van der Waals surface area contributed by atoms with Crippen molar-refractivity contribution in [2.75, 3.05) is 13.7 Å². The van der Waals surface area contributed by atoms with Crippen molar-refractivity contribution in [3.63, 3.8) is 0 Å². The maximum absolute atomic E-state index is 14.5. The van der Waals surface area contributed by atoms with Crippen molar-refractivity contribution in [3.05, 3.63) is 35.4 Å². The molecular formula is C19H17F13O3. The molecule has 0 bridgehead atoms. The fourth-order valence-corrected chi connectivity index (χ4v) is 2.95. The Balaban J connectivity index is 3.62. The van der Waals surface area contributed by atoms with Crippen molar-refractivity contribution in [2.45, 2.75) is 61.7 Å². The molecule has 1 unspecified atom stereocenters. The molecule has 0 spiro atoms. The molecule has 0 aliphatic carbocycles. The Morgan fingerprint density at radius 1 is 0.771 bits per heavy atom. The van der Waals surface area contributed by atoms with Crippen molar-refractivity contribution >= 4 is 5.97 Å². The first-order valence-electron chi connectivity index (χ1n) is 9.26. The van der Waals surface area contributed by atoms with Crippen LogP contribution in [0.1, 0.15) is 36.2 Å². The molecule has 0 aromatic heterocycles. The van der Waals surface area contributed by atoms with Gasteiger partial charge in [-0.2, -0.15) is 57.1 Å². The van der Waals surface area contributed by atoms with E-state index in [1.54, 1.807) is 0 Å². The normalized spacial score (nSPS) is 16.1. The first-order chi connectivity index (χ1) is 15.5. The summed E-state index contributed by atoms with van der Waals surface area (Å²) in [4.78, 5) is 12.1. The van der Waals surface area contributed by atoms with Gasteiger partial charge in [0.15, 0.2) is 0 Å². The number of methoxy groups -OCH3 is 1. The Hall–Kier alpha value is -2.26. The lowest BCUT2D eigenvalue weighted by Gasteiger charge is -2.42. The van der Waals surface area contributed by atoms with Gasteiger partial charge in [-0.05, 0) is 25.5 Å². The molecular weight excluding hydrogens is 523 g/mol. The molecule has 0 amide bonds. The van der Waals surface area contributed by atoms with Gasteiger partial charge in [-0.3, -0.25) is 0 Å². The van der Waals surface area contributed by atoms with Crippen molar-refractivity contribution in [2.24, 2.45) is 0 Å². The maximum atomic E-state index is 14.5. The molecule has 1 aromatic carbocycles. The van der Waals surface area contributed by atoms with Crippen LogP contribution >= 0.6 is 0 Å². The summed E-state index contributed by atoms with van der Waals surface area (Å²) >= 11 is 0. The van der Waals surface area contributed by atoms with Gasteiger partial charge in [0.1, 0.15) is 0 Å². The van der Waals surface area contributed by atoms with Crippen molar-refractivity contribution < 1.29 is 71.3 Å². The second kappa shape index (κ2) is 9.32. The average Bonchev–Trinajstić information content (AvgIpc) is 2.72. The van der Waals surface area contributed by atoms with Crippen molar-refractivity contribution in [1.82, 2.24) is 0 Å². The molecule has 0 saturated heterocycles. The molecule has 35 heavy (non-hydrogen) atoms. The number of carbonyl (C=O) groups is 1. The summed E-state index contributed by atoms with van der Waals surface area (Å²) in [6.45, 7) is 1.60. The lowest BCUT2D eigenvalue weighted by Crippen LogP contribution is -2.70. The molecule has 0 aliphatic heterocycles. The maximum Gasteiger partial charge on any atom is 0.460 e. The number of esters is 1. The van der Waals surface area contributed by atoms with Crippen LogP contribution in [0.4, 0.5) is 57.1 Å². The second-order valence-corrected chi connectivity index (χ2v) is 7.38. The summed E-state index contributed by atoms with van der Waals surface area (Å²) in [5.74, 6) is -38.8. The molecule has 1 rings (SSSR count). The van der Waals surface area contributed by atoms with Crippen LogP contribution in [0.5, 0.6) is 0 Å². The van der Waals surface area contributed by atoms with E-state index in [0.29, 0.717) is 14.0 Å². The smallest absolute Gasteiger partial charge is 0.460 e. The molecule has 0 N–H and O–H groups in total. The Labute approximate surface area is 189 Å². The summed E-state index contributed by atoms with van der Waals surface area (Å²) in [5.41, 5.74) is -4.15. The average molecular weight is 540 g/mol. The zero-order chi connectivity index (χ0) is 27.9. The van der Waals surface area contributed by atoms with Crippen LogP contribution < -0.4 is 0 Å². The number of halogens is 13. The van der Waals surface area contributed by atoms with E-state index in [4.69, 9.17) is 0 Å². The minimum absolute atomic E-state index is 0.264. The van der Waals surface area contributed by atoms with E-state index >= 15 is 0 Å². The van der Waals surface area contributed by atoms with Gasteiger partial charge in [-0.15, -0.1) is 0 Å². The molecule has 0 saturated carbocycles. The monoisotopic (exact) mass is 540 g/mol. The van der Waals surface area contributed by atoms with E-state index in [1.807, 2.05) is 0 Å². The number of alkyl halides is 13. The minimum atomic E-state index is -8.00. The molecule has 202 valence electrons. The van der Waals surface area contributed by atoms with Gasteiger partial charge < -0.3 is 9.47 Å². The molecule has 1 atom stereocenters. The third kappa shape index (κ3) is 4.89. The van der Waals surface area contributed by atoms with Gasteiger partial charge in [0.05, 0.1) is 24.2 Å². The number of carbonyl (C=O) groups excluding carboxylic acids is 1. The van der Waals surface area contributed by atoms with Gasteiger partial charge in [0.2, 0.25) is 0 Å². The van der Waals surface area contributed by atoms with E-state index in [-0.39, 0.29) is 6.61 Å². The fraction of sp³-hybridized carbons (Fsp3) is 0.632. The Morgan fingerprint density at radius 3 is 1.66 bits per heavy atom. The zero-order valence-electron chi connectivity index (χ0n) is 17.9. The molecule has 0 heterocycles. The van der Waals surface area contributed by atoms with Crippen LogP contribution in [0.3, 0.4) is 0 Å². The standard InChI is InChI=1S/C19H17F13O3/c1-4-35-12(33)10-7-5-6-8-11(10)13(2,34-3)9-14(20,21)15(22,23)16(24,25)17(26,27)18(28,29)19(30,31)32/h5-8H,4,9H2,1-3H3. The molecule has 3 nitrogen and oxygen atoms in total. The zero-order valence-corrected chi connectivity index (χ0v) is 17.9. The van der Waals surface area contributed by atoms with Gasteiger partial charge in [-0.1, -0.05) is 18.2 Å². The van der Waals surface area contributed by atoms with Crippen LogP contribution in [-0.2, 0) is 15.1 Å². The van der Waals surface area contributed by atoms with Gasteiger partial charge in [-0.25, -0.2) is 4.79 Å². The number of benzene rings is 1. The largest absolute Gasteiger partial charge is 0.462 e. The second-order valence-electron chi connectivity index (χ2n) is 7.38. The highest BCUT2D eigenvalue weighted by Crippen LogP contribution is 2.61. The van der Waals surface area contributed by atoms with E-state index in [0.717, 1.165) is 24.3 Å². The summed E-state index contributed by atoms with van der Waals surface area (Å²) in [6.07, 6.45) is -10.2. The van der Waals surface area contributed by atoms with Crippen LogP contribution in [0.25, 0.3) is 0 Å². The molecule has 0 aliphatic rings. The lowest BCUT2D eigenvalue weighted by atomic mass is 9.82. The number of hydrogen-bond donors (Lipinski definition) is 0. The predicted molar refractivity (Wildman–Crippen MR) is 92.2 cm³/mol. The summed E-state index contributed by atoms with van der Waals surface area (Å²) < 4.78 is 184. The third-order valence-corrected chi connectivity index (χ3v) is 5.00. The van der Waals surface area contributed by atoms with Gasteiger partial charge in [0.25, 0.3) is 0 Å². The van der Waals surface area contributed by atoms with Crippen molar-refractivity contribution in [3.8, 4) is 0 Å². The highest BCUT2D eigenvalue weighted by atomic mass is 19.4. The molecule has 1 aromatic rings. The van der Waals surface area contributed by atoms with Crippen LogP contribution in [0.15, 0.2) is 24.3 Å². The Morgan fingerprint density at radius 2 is 1.23 bits per heavy atom. The van der Waals surface area contributed by atoms with Crippen LogP contribution in [0.2, 0.25) is 0 Å². The predicted octanol–water partition coefficient (Wildman–Crippen LogP) is 6.85. The number of hydrogen-bond acceptors (Lipinski definition) is 3. The summed E-state index contributed by atoms with van der Waals surface area (Å²) in [7, 11) is 0.570. The van der Waals surface area contributed by atoms with E-state index in [1.165, 1.54) is 6.92 Å². The number of ether oxygens (including phenoxy) is 2. The highest BCUT2D eigenvalue weighted by molar-refractivity contribution is 5.91. The summed E-state index contributed by atoms with van der Waals surface area (Å²) in [5, 5.41) is 0.